The molecule has 0 saturated heterocycles. The summed E-state index contributed by atoms with van der Waals surface area (Å²) in [6.07, 6.45) is 14.9. The van der Waals surface area contributed by atoms with Crippen molar-refractivity contribution < 1.29 is 62.6 Å². The number of nitrogens with two attached hydrogens (primary N) is 1. The zero-order valence-corrected chi connectivity index (χ0v) is 90.3. The summed E-state index contributed by atoms with van der Waals surface area (Å²) in [6.45, 7) is 25.1. The van der Waals surface area contributed by atoms with E-state index in [0.29, 0.717) is 14.0 Å². The maximum atomic E-state index is 7.32. The average Bonchev–Trinajstić information content (AvgIpc) is 0.899. The molecule has 2 heterocycles. The van der Waals surface area contributed by atoms with Crippen LogP contribution < -0.4 is 93.8 Å². The van der Waals surface area contributed by atoms with Crippen molar-refractivity contribution in [2.45, 2.75) is 40.0 Å². The Morgan fingerprint density at radius 3 is 0.889 bits per heavy atom. The molecule has 11 aromatic carbocycles. The third-order valence-electron chi connectivity index (χ3n) is 17.4. The Bertz CT molecular complexity index is 3880. The molecule has 2 aliphatic heterocycles. The molecule has 28 heteroatoms. The number of rotatable bonds is 28. The van der Waals surface area contributed by atoms with Crippen molar-refractivity contribution in [3.05, 3.63) is 398 Å². The van der Waals surface area contributed by atoms with E-state index in [9.17, 15) is 0 Å². The maximum Gasteiger partial charge on any atom is 0.0801 e. The molecule has 0 aromatic heterocycles. The Hall–Kier alpha value is -4.97. The van der Waals surface area contributed by atoms with Gasteiger partial charge in [0, 0.05) is 53.7 Å². The zero-order valence-electron chi connectivity index (χ0n) is 73.6. The van der Waals surface area contributed by atoms with Gasteiger partial charge in [-0.3, -0.25) is 5.16 Å². The van der Waals surface area contributed by atoms with Crippen molar-refractivity contribution in [2.24, 2.45) is 4.26 Å². The number of hydrogen-bond donors (Lipinski definition) is 4. The van der Waals surface area contributed by atoms with Crippen LogP contribution in [-0.4, -0.2) is 118 Å². The molecule has 126 heavy (non-hydrogen) atoms. The molecule has 5 N–H and O–H groups in total. The summed E-state index contributed by atoms with van der Waals surface area (Å²) in [6, 6.07) is 122. The number of halogens is 6. The van der Waals surface area contributed by atoms with Crippen LogP contribution in [0.25, 0.3) is 0 Å². The molecule has 0 amide bonds. The van der Waals surface area contributed by atoms with E-state index in [1.54, 1.807) is 6.07 Å². The van der Waals surface area contributed by atoms with Gasteiger partial charge in [0.25, 0.3) is 0 Å². The molecule has 0 bridgehead atoms. The number of nitriles is 2. The van der Waals surface area contributed by atoms with Crippen LogP contribution in [0.1, 0.15) is 44.2 Å². The van der Waals surface area contributed by atoms with Crippen LogP contribution in [0.2, 0.25) is 0 Å². The largest absolute Gasteiger partial charge is 0.346 e. The maximum absolute atomic E-state index is 7.32. The standard InChI is InChI=1S/2C28H29NP2.C17H21NP.C10H14.2C5H9N2.C2H3N.C2H2N.CH3.ClH2NP2.5ClH.H3NP2.2Ru/c2*1-5-13-25(14-6-1)30(26-15-7-2-8-16-26)23-21-29-22-24-31(27-17-9-3-10-18-27)28-19-11-4-12-20-28;1-2-13-18-14-15-19(16-9-5-3-6-10-16)17-11-7-4-8-12-17;1-8(2)10-6-4-9(3)5-7-10;2*1-6-3-4-7(2)5-6;2*1-2-3;;1-2-4-3;;;;;;1-3-2;;/h2*1-20,29H,21-24H2;3-12,18H,1-2,13-15H2;4-8H,1-3H3;2*3-5H,1-2H3;1H3;1H2;1H3;3H2;5*1H;1H,2H2;;/q;;-1;;2*-1;;2*-1;;;;;;;;+1;+4/p-3. The van der Waals surface area contributed by atoms with Gasteiger partial charge in [0.15, 0.2) is 0 Å². The second-order valence-electron chi connectivity index (χ2n) is 26.8. The number of quaternary nitrogens is 1. The van der Waals surface area contributed by atoms with Crippen LogP contribution in [-0.2, 0) is 32.5 Å². The summed E-state index contributed by atoms with van der Waals surface area (Å²) in [5.41, 5.74) is 2.76. The zero-order chi connectivity index (χ0) is 90.0. The molecule has 0 aliphatic carbocycles. The van der Waals surface area contributed by atoms with Crippen LogP contribution in [0, 0.1) is 69.4 Å². The number of benzene rings is 11. The molecule has 0 saturated carbocycles. The summed E-state index contributed by atoms with van der Waals surface area (Å²) in [5, 5.41) is 45.2. The monoisotopic (exact) mass is 2150 g/mol. The van der Waals surface area contributed by atoms with Gasteiger partial charge in [-0.2, -0.15) is 29.3 Å². The van der Waals surface area contributed by atoms with Crippen molar-refractivity contribution in [3.63, 3.8) is 0 Å². The molecule has 0 spiro atoms. The van der Waals surface area contributed by atoms with Crippen molar-refractivity contribution in [3.8, 4) is 12.1 Å². The summed E-state index contributed by atoms with van der Waals surface area (Å²) in [7, 11) is 26.3. The van der Waals surface area contributed by atoms with Crippen LogP contribution in [0.5, 0.6) is 0 Å². The molecule has 2 atom stereocenters. The van der Waals surface area contributed by atoms with E-state index in [-0.39, 0.29) is 79.1 Å². The Labute approximate surface area is 821 Å². The Morgan fingerprint density at radius 2 is 0.690 bits per heavy atom. The van der Waals surface area contributed by atoms with E-state index in [4.69, 9.17) is 46.8 Å². The minimum atomic E-state index is -0.663. The summed E-state index contributed by atoms with van der Waals surface area (Å²) in [4.78, 5) is 8.00. The number of nitrogens with zero attached hydrogens (tertiary/aromatic N) is 7. The van der Waals surface area contributed by atoms with Crippen LogP contribution in [0.3, 0.4) is 0 Å². The quantitative estimate of drug-likeness (QED) is 0.0165. The fourth-order valence-corrected chi connectivity index (χ4v) is 23.6. The van der Waals surface area contributed by atoms with Crippen LogP contribution in [0.4, 0.5) is 0 Å². The fourth-order valence-electron chi connectivity index (χ4n) is 11.9. The van der Waals surface area contributed by atoms with Crippen molar-refractivity contribution in [1.29, 1.82) is 15.7 Å². The number of nitrogens with one attached hydrogen (secondary N) is 3. The third kappa shape index (κ3) is 57.4. The molecule has 2 unspecified atom stereocenters. The van der Waals surface area contributed by atoms with E-state index >= 15 is 0 Å². The van der Waals surface area contributed by atoms with Crippen molar-refractivity contribution in [1.82, 2.24) is 30.2 Å². The van der Waals surface area contributed by atoms with Gasteiger partial charge in [-0.25, -0.2) is 5.26 Å². The Morgan fingerprint density at radius 1 is 0.476 bits per heavy atom. The van der Waals surface area contributed by atoms with E-state index in [1.165, 1.54) is 109 Å². The summed E-state index contributed by atoms with van der Waals surface area (Å²) in [5.74, 6) is 0.653. The normalized spacial score (nSPS) is 10.9. The van der Waals surface area contributed by atoms with Gasteiger partial charge in [-0.05, 0) is 202 Å². The first kappa shape index (κ1) is 123. The van der Waals surface area contributed by atoms with Crippen molar-refractivity contribution >= 4 is 167 Å². The predicted molar refractivity (Wildman–Crippen MR) is 562 cm³/mol. The molecular weight excluding hydrogens is 2020 g/mol. The Kier molecular flexibility index (Phi) is 82.3. The van der Waals surface area contributed by atoms with Gasteiger partial charge in [-0.15, -0.1) is 6.07 Å². The Balaban J connectivity index is 0. The van der Waals surface area contributed by atoms with Gasteiger partial charge in [0.1, 0.15) is 0 Å². The van der Waals surface area contributed by atoms with E-state index in [1.807, 2.05) is 103 Å². The van der Waals surface area contributed by atoms with Crippen LogP contribution in [0.15, 0.2) is 357 Å². The molecule has 11 aromatic rings. The summed E-state index contributed by atoms with van der Waals surface area (Å²) < 4.78 is 3.14. The molecule has 679 valence electrons. The fraction of sp³-hybridized carbons (Fsp3) is 0.214. The molecule has 13 rings (SSSR count). The van der Waals surface area contributed by atoms with E-state index < -0.39 is 7.92 Å². The molecule has 11 nitrogen and oxygen atoms in total. The first-order valence-corrected chi connectivity index (χ1v) is 59.7. The number of aryl methyl sites for hydroxylation is 1. The van der Waals surface area contributed by atoms with Gasteiger partial charge < -0.3 is 81.6 Å². The predicted octanol–water partition coefficient (Wildman–Crippen LogP) is 16.3. The van der Waals surface area contributed by atoms with Gasteiger partial charge in [0.2, 0.25) is 0 Å². The second kappa shape index (κ2) is 84.3. The molecule has 0 fully saturated rings. The molecule has 0 radical (unpaired) electrons. The van der Waals surface area contributed by atoms with Crippen LogP contribution >= 0.6 is 114 Å². The minimum absolute atomic E-state index is 0. The number of hydrogen-bond acceptors (Lipinski definition) is 10. The van der Waals surface area contributed by atoms with Gasteiger partial charge in [0.05, 0.1) is 43.9 Å². The molecular formula is C98H126Cl6N11P9Ru2-3. The molecule has 2 aliphatic rings. The topological polar surface area (TPSA) is 137 Å². The van der Waals surface area contributed by atoms with Crippen molar-refractivity contribution in [2.75, 3.05) is 98.3 Å². The smallest absolute Gasteiger partial charge is 0.0801 e. The second-order valence-corrected chi connectivity index (χ2v) is 43.9. The van der Waals surface area contributed by atoms with Gasteiger partial charge in [-0.1, -0.05) is 341 Å². The average molecular weight is 2150 g/mol. The summed E-state index contributed by atoms with van der Waals surface area (Å²) >= 11 is 6.25. The van der Waals surface area contributed by atoms with E-state index in [2.05, 4.69) is 410 Å². The van der Waals surface area contributed by atoms with E-state index in [0.717, 1.165) is 53.0 Å². The third-order valence-corrected chi connectivity index (χ3v) is 31.5. The first-order valence-electron chi connectivity index (χ1n) is 39.8. The SMILES string of the molecule is CC#N.CN1C=CN(C)[CH-]1.CN1C=CN(C)[CH-]1.Cc1ccc(C(C)C)cc1.N=PP.PP=NCl.[CH2-]C#N.[CH2-]CCNCC[PH+](c1ccccc1)c1ccccc1.[CH3-].[Cl-].[Cl-].[Cl][Ru+2][Cl].[Cl][Ru].c1ccc(P(CCNCCP(c2ccccc2)c2ccccc2)c2ccccc2)cc1.c1ccc(P(CC[NH2+]CCP(c2ccccc2)c2ccccc2)c2ccccc2)cc1. The van der Waals surface area contributed by atoms with Gasteiger partial charge >= 0.3 is 61.5 Å². The minimum Gasteiger partial charge on any atom is -0.346 e. The first-order chi connectivity index (χ1) is 60.1.